The van der Waals surface area contributed by atoms with E-state index in [-0.39, 0.29) is 5.41 Å². The molecule has 18 heavy (non-hydrogen) atoms. The van der Waals surface area contributed by atoms with Crippen LogP contribution in [0, 0.1) is 5.92 Å². The van der Waals surface area contributed by atoms with Gasteiger partial charge in [0.25, 0.3) is 0 Å². The molecule has 0 amide bonds. The van der Waals surface area contributed by atoms with Gasteiger partial charge < -0.3 is 5.32 Å². The maximum absolute atomic E-state index is 4.73. The van der Waals surface area contributed by atoms with Gasteiger partial charge in [-0.3, -0.25) is 0 Å². The number of likely N-dealkylation sites (N-methyl/N-ethyl adjacent to an activating group) is 1. The average Bonchev–Trinajstić information content (AvgIpc) is 2.71. The predicted octanol–water partition coefficient (Wildman–Crippen LogP) is 4.09. The smallest absolute Gasteiger partial charge is 0.0985 e. The van der Waals surface area contributed by atoms with Crippen molar-refractivity contribution >= 4 is 17.4 Å². The Morgan fingerprint density at radius 1 is 1.44 bits per heavy atom. The maximum Gasteiger partial charge on any atom is 0.0985 e. The molecule has 0 bridgehead atoms. The van der Waals surface area contributed by atoms with Crippen molar-refractivity contribution in [1.29, 1.82) is 0 Å². The molecule has 102 valence electrons. The molecule has 0 saturated carbocycles. The van der Waals surface area contributed by atoms with Crippen LogP contribution in [0.15, 0.2) is 11.0 Å². The van der Waals surface area contributed by atoms with E-state index in [2.05, 4.69) is 58.3 Å². The Hall–Kier alpha value is -0.670. The van der Waals surface area contributed by atoms with Crippen molar-refractivity contribution in [3.63, 3.8) is 0 Å². The molecule has 0 aliphatic heterocycles. The van der Waals surface area contributed by atoms with Crippen molar-refractivity contribution in [3.8, 4) is 0 Å². The van der Waals surface area contributed by atoms with Gasteiger partial charge in [0.05, 0.1) is 10.7 Å². The van der Waals surface area contributed by atoms with E-state index in [1.165, 1.54) is 10.6 Å². The number of nitrogens with zero attached hydrogens (tertiary/aromatic N) is 1. The summed E-state index contributed by atoms with van der Waals surface area (Å²) in [6.07, 6.45) is 2.24. The first kappa shape index (κ1) is 15.4. The van der Waals surface area contributed by atoms with Gasteiger partial charge in [0.15, 0.2) is 0 Å². The molecule has 1 aromatic rings. The van der Waals surface area contributed by atoms with Gasteiger partial charge in [-0.25, -0.2) is 4.98 Å². The highest BCUT2D eigenvalue weighted by Gasteiger charge is 2.17. The lowest BCUT2D eigenvalue weighted by molar-refractivity contribution is 0.585. The summed E-state index contributed by atoms with van der Waals surface area (Å²) in [7, 11) is 0. The fourth-order valence-electron chi connectivity index (χ4n) is 1.58. The van der Waals surface area contributed by atoms with E-state index in [4.69, 9.17) is 4.98 Å². The van der Waals surface area contributed by atoms with E-state index in [1.807, 2.05) is 0 Å². The molecular formula is C15H26N2S. The van der Waals surface area contributed by atoms with Crippen LogP contribution in [-0.2, 0) is 5.41 Å². The second-order valence-corrected chi connectivity index (χ2v) is 6.84. The Kier molecular flexibility index (Phi) is 5.54. The second-order valence-electron chi connectivity index (χ2n) is 5.98. The number of nitrogens with one attached hydrogen (secondary N) is 1. The first-order valence-electron chi connectivity index (χ1n) is 6.71. The van der Waals surface area contributed by atoms with Crippen molar-refractivity contribution < 1.29 is 0 Å². The monoisotopic (exact) mass is 266 g/mol. The van der Waals surface area contributed by atoms with Crippen LogP contribution < -0.4 is 5.32 Å². The molecule has 0 atom stereocenters. The minimum Gasteiger partial charge on any atom is -0.313 e. The Bertz CT molecular complexity index is 397. The fourth-order valence-corrected chi connectivity index (χ4v) is 2.44. The molecule has 3 heteroatoms. The molecule has 0 saturated heterocycles. The zero-order chi connectivity index (χ0) is 13.8. The van der Waals surface area contributed by atoms with Crippen molar-refractivity contribution in [1.82, 2.24) is 10.3 Å². The van der Waals surface area contributed by atoms with E-state index in [0.29, 0.717) is 5.92 Å². The first-order valence-corrected chi connectivity index (χ1v) is 7.59. The minimum absolute atomic E-state index is 0.149. The molecule has 0 aliphatic rings. The Balaban J connectivity index is 2.88. The second kappa shape index (κ2) is 6.48. The third-order valence-corrected chi connectivity index (χ3v) is 4.10. The summed E-state index contributed by atoms with van der Waals surface area (Å²) in [5, 5.41) is 6.76. The molecule has 0 unspecified atom stereocenters. The zero-order valence-corrected chi connectivity index (χ0v) is 13.3. The molecule has 1 aromatic heterocycles. The van der Waals surface area contributed by atoms with Crippen molar-refractivity contribution in [2.45, 2.75) is 47.0 Å². The largest absolute Gasteiger partial charge is 0.313 e. The van der Waals surface area contributed by atoms with Gasteiger partial charge in [0, 0.05) is 17.3 Å². The van der Waals surface area contributed by atoms with Crippen molar-refractivity contribution in [2.75, 3.05) is 13.1 Å². The summed E-state index contributed by atoms with van der Waals surface area (Å²) in [6, 6.07) is 0. The molecule has 1 N–H and O–H groups in total. The van der Waals surface area contributed by atoms with E-state index in [0.717, 1.165) is 18.8 Å². The van der Waals surface area contributed by atoms with Crippen LogP contribution in [-0.4, -0.2) is 18.1 Å². The van der Waals surface area contributed by atoms with Gasteiger partial charge in [-0.2, -0.15) is 0 Å². The number of hydrogen-bond donors (Lipinski definition) is 1. The van der Waals surface area contributed by atoms with Gasteiger partial charge in [-0.1, -0.05) is 47.1 Å². The van der Waals surface area contributed by atoms with Crippen molar-refractivity contribution in [2.24, 2.45) is 5.92 Å². The van der Waals surface area contributed by atoms with Crippen LogP contribution >= 0.6 is 11.3 Å². The standard InChI is InChI=1S/C15H26N2S/c1-7-16-9-12(11(2)3)8-13-10-18-14(17-13)15(4,5)6/h8,10-11,16H,7,9H2,1-6H3. The highest BCUT2D eigenvalue weighted by Crippen LogP contribution is 2.26. The average molecular weight is 266 g/mol. The van der Waals surface area contributed by atoms with Crippen LogP contribution in [0.5, 0.6) is 0 Å². The lowest BCUT2D eigenvalue weighted by atomic mass is 9.98. The van der Waals surface area contributed by atoms with Gasteiger partial charge in [0.1, 0.15) is 0 Å². The highest BCUT2D eigenvalue weighted by atomic mass is 32.1. The first-order chi connectivity index (χ1) is 8.34. The molecule has 2 nitrogen and oxygen atoms in total. The Morgan fingerprint density at radius 3 is 2.56 bits per heavy atom. The topological polar surface area (TPSA) is 24.9 Å². The van der Waals surface area contributed by atoms with Crippen LogP contribution in [0.25, 0.3) is 6.08 Å². The SMILES string of the molecule is CCNCC(=Cc1csc(C(C)(C)C)n1)C(C)C. The van der Waals surface area contributed by atoms with Crippen LogP contribution in [0.1, 0.15) is 52.2 Å². The summed E-state index contributed by atoms with van der Waals surface area (Å²) in [4.78, 5) is 4.73. The number of rotatable bonds is 5. The summed E-state index contributed by atoms with van der Waals surface area (Å²) >= 11 is 1.76. The highest BCUT2D eigenvalue weighted by molar-refractivity contribution is 7.09. The number of thiazole rings is 1. The molecule has 0 aromatic carbocycles. The van der Waals surface area contributed by atoms with Gasteiger partial charge in [-0.05, 0) is 18.5 Å². The van der Waals surface area contributed by atoms with Gasteiger partial charge >= 0.3 is 0 Å². The Labute approximate surface area is 116 Å². The lowest BCUT2D eigenvalue weighted by Crippen LogP contribution is -2.18. The third kappa shape index (κ3) is 4.54. The summed E-state index contributed by atoms with van der Waals surface area (Å²) < 4.78 is 0. The third-order valence-electron chi connectivity index (χ3n) is 2.82. The van der Waals surface area contributed by atoms with E-state index in [9.17, 15) is 0 Å². The summed E-state index contributed by atoms with van der Waals surface area (Å²) in [6.45, 7) is 15.2. The lowest BCUT2D eigenvalue weighted by Gasteiger charge is -2.13. The number of hydrogen-bond acceptors (Lipinski definition) is 3. The van der Waals surface area contributed by atoms with E-state index >= 15 is 0 Å². The molecule has 1 heterocycles. The maximum atomic E-state index is 4.73. The minimum atomic E-state index is 0.149. The fraction of sp³-hybridized carbons (Fsp3) is 0.667. The predicted molar refractivity (Wildman–Crippen MR) is 82.2 cm³/mol. The summed E-state index contributed by atoms with van der Waals surface area (Å²) in [5.41, 5.74) is 2.67. The molecule has 1 rings (SSSR count). The number of aromatic nitrogens is 1. The van der Waals surface area contributed by atoms with Crippen LogP contribution in [0.4, 0.5) is 0 Å². The quantitative estimate of drug-likeness (QED) is 0.868. The van der Waals surface area contributed by atoms with Crippen LogP contribution in [0.3, 0.4) is 0 Å². The van der Waals surface area contributed by atoms with E-state index < -0.39 is 0 Å². The van der Waals surface area contributed by atoms with Crippen molar-refractivity contribution in [3.05, 3.63) is 21.7 Å². The van der Waals surface area contributed by atoms with E-state index in [1.54, 1.807) is 11.3 Å². The normalized spacial score (nSPS) is 13.4. The molecular weight excluding hydrogens is 240 g/mol. The Morgan fingerprint density at radius 2 is 2.11 bits per heavy atom. The van der Waals surface area contributed by atoms with Gasteiger partial charge in [0.2, 0.25) is 0 Å². The molecule has 0 radical (unpaired) electrons. The molecule has 0 spiro atoms. The zero-order valence-electron chi connectivity index (χ0n) is 12.5. The summed E-state index contributed by atoms with van der Waals surface area (Å²) in [5.74, 6) is 0.559. The molecule has 0 aliphatic carbocycles. The van der Waals surface area contributed by atoms with Crippen LogP contribution in [0.2, 0.25) is 0 Å². The molecule has 0 fully saturated rings. The van der Waals surface area contributed by atoms with Gasteiger partial charge in [-0.15, -0.1) is 11.3 Å².